The van der Waals surface area contributed by atoms with Gasteiger partial charge in [-0.1, -0.05) is 19.8 Å². The van der Waals surface area contributed by atoms with E-state index in [0.717, 1.165) is 30.6 Å². The number of aliphatic carboxylic acids is 1. The first-order valence-electron chi connectivity index (χ1n) is 8.45. The number of unbranched alkanes of at least 4 members (excludes halogenated alkanes) is 1. The molecule has 0 spiro atoms. The topological polar surface area (TPSA) is 104 Å². The molecule has 1 fully saturated rings. The molecule has 140 valence electrons. The van der Waals surface area contributed by atoms with E-state index in [1.165, 1.54) is 10.4 Å². The van der Waals surface area contributed by atoms with Gasteiger partial charge in [0, 0.05) is 18.0 Å². The van der Waals surface area contributed by atoms with Crippen LogP contribution in [0.4, 0.5) is 0 Å². The average molecular weight is 389 g/mol. The lowest BCUT2D eigenvalue weighted by atomic mass is 10.1. The van der Waals surface area contributed by atoms with Gasteiger partial charge in [-0.15, -0.1) is 11.3 Å². The highest BCUT2D eigenvalue weighted by atomic mass is 32.2. The molecule has 0 aromatic carbocycles. The Bertz CT molecular complexity index is 708. The summed E-state index contributed by atoms with van der Waals surface area (Å²) in [6.45, 7) is 3.02. The lowest BCUT2D eigenvalue weighted by Crippen LogP contribution is -2.41. The standard InChI is InChI=1S/C16H24N2O5S2/c1-2-3-6-13(16(20)21)17-14(19)11-12-7-8-15(24-12)25(22,23)18-9-4-5-10-18/h7-8,13H,2-6,9-11H2,1H3,(H,17,19)(H,20,21)/t13-/m0/s1. The minimum absolute atomic E-state index is 0.0178. The van der Waals surface area contributed by atoms with Crippen molar-refractivity contribution in [1.82, 2.24) is 9.62 Å². The molecule has 25 heavy (non-hydrogen) atoms. The molecule has 0 unspecified atom stereocenters. The fraction of sp³-hybridized carbons (Fsp3) is 0.625. The molecule has 1 saturated heterocycles. The van der Waals surface area contributed by atoms with E-state index in [1.54, 1.807) is 6.07 Å². The van der Waals surface area contributed by atoms with Crippen LogP contribution in [0.2, 0.25) is 0 Å². The normalized spacial score (nSPS) is 16.7. The van der Waals surface area contributed by atoms with Crippen LogP contribution < -0.4 is 5.32 Å². The molecular weight excluding hydrogens is 364 g/mol. The van der Waals surface area contributed by atoms with Gasteiger partial charge in [-0.25, -0.2) is 13.2 Å². The number of carbonyl (C=O) groups is 2. The largest absolute Gasteiger partial charge is 0.480 e. The highest BCUT2D eigenvalue weighted by Crippen LogP contribution is 2.27. The van der Waals surface area contributed by atoms with Crippen LogP contribution in [0, 0.1) is 0 Å². The fourth-order valence-electron chi connectivity index (χ4n) is 2.72. The van der Waals surface area contributed by atoms with Crippen LogP contribution >= 0.6 is 11.3 Å². The summed E-state index contributed by atoms with van der Waals surface area (Å²) >= 11 is 1.07. The maximum Gasteiger partial charge on any atom is 0.326 e. The van der Waals surface area contributed by atoms with Crippen LogP contribution in [-0.2, 0) is 26.0 Å². The van der Waals surface area contributed by atoms with Crippen molar-refractivity contribution in [3.8, 4) is 0 Å². The molecule has 1 aliphatic heterocycles. The molecular formula is C16H24N2O5S2. The van der Waals surface area contributed by atoms with Crippen molar-refractivity contribution in [2.75, 3.05) is 13.1 Å². The number of nitrogens with zero attached hydrogens (tertiary/aromatic N) is 1. The quantitative estimate of drug-likeness (QED) is 0.672. The number of carboxylic acids is 1. The number of nitrogens with one attached hydrogen (secondary N) is 1. The molecule has 1 aromatic heterocycles. The summed E-state index contributed by atoms with van der Waals surface area (Å²) in [5.41, 5.74) is 0. The number of hydrogen-bond donors (Lipinski definition) is 2. The molecule has 1 aliphatic rings. The second-order valence-corrected chi connectivity index (χ2v) is 9.44. The van der Waals surface area contributed by atoms with Crippen LogP contribution in [0.3, 0.4) is 0 Å². The third-order valence-corrected chi connectivity index (χ3v) is 7.56. The molecule has 7 nitrogen and oxygen atoms in total. The summed E-state index contributed by atoms with van der Waals surface area (Å²) in [6.07, 6.45) is 3.67. The summed E-state index contributed by atoms with van der Waals surface area (Å²) in [7, 11) is -3.48. The van der Waals surface area contributed by atoms with Gasteiger partial charge in [-0.2, -0.15) is 4.31 Å². The second-order valence-electron chi connectivity index (χ2n) is 6.11. The zero-order chi connectivity index (χ0) is 18.4. The van der Waals surface area contributed by atoms with E-state index in [-0.39, 0.29) is 10.6 Å². The Hall–Kier alpha value is -1.45. The third kappa shape index (κ3) is 5.26. The molecule has 1 aromatic rings. The van der Waals surface area contributed by atoms with Gasteiger partial charge in [-0.3, -0.25) is 4.79 Å². The summed E-state index contributed by atoms with van der Waals surface area (Å²) in [4.78, 5) is 23.9. The average Bonchev–Trinajstić information content (AvgIpc) is 3.22. The highest BCUT2D eigenvalue weighted by Gasteiger charge is 2.28. The van der Waals surface area contributed by atoms with Crippen molar-refractivity contribution in [3.63, 3.8) is 0 Å². The summed E-state index contributed by atoms with van der Waals surface area (Å²) in [5, 5.41) is 11.7. The number of amides is 1. The Labute approximate surface area is 152 Å². The van der Waals surface area contributed by atoms with E-state index in [1.807, 2.05) is 6.92 Å². The van der Waals surface area contributed by atoms with E-state index in [0.29, 0.717) is 30.8 Å². The van der Waals surface area contributed by atoms with Gasteiger partial charge < -0.3 is 10.4 Å². The summed E-state index contributed by atoms with van der Waals surface area (Å²) < 4.78 is 26.7. The van der Waals surface area contributed by atoms with Gasteiger partial charge in [0.1, 0.15) is 10.3 Å². The van der Waals surface area contributed by atoms with Crippen molar-refractivity contribution in [2.45, 2.75) is 55.7 Å². The second kappa shape index (κ2) is 8.77. The summed E-state index contributed by atoms with van der Waals surface area (Å²) in [5.74, 6) is -1.46. The van der Waals surface area contributed by atoms with E-state index < -0.39 is 27.9 Å². The number of rotatable bonds is 9. The third-order valence-electron chi connectivity index (χ3n) is 4.11. The summed E-state index contributed by atoms with van der Waals surface area (Å²) in [6, 6.07) is 2.24. The molecule has 0 radical (unpaired) electrons. The SMILES string of the molecule is CCCC[C@H](NC(=O)Cc1ccc(S(=O)(=O)N2CCCC2)s1)C(=O)O. The molecule has 0 aliphatic carbocycles. The van der Waals surface area contributed by atoms with E-state index in [2.05, 4.69) is 5.32 Å². The number of carbonyl (C=O) groups excluding carboxylic acids is 1. The molecule has 1 amide bonds. The lowest BCUT2D eigenvalue weighted by Gasteiger charge is -2.14. The number of carboxylic acid groups (broad SMARTS) is 1. The van der Waals surface area contributed by atoms with Crippen LogP contribution in [-0.4, -0.2) is 48.8 Å². The minimum Gasteiger partial charge on any atom is -0.480 e. The first-order chi connectivity index (χ1) is 11.8. The van der Waals surface area contributed by atoms with E-state index in [4.69, 9.17) is 5.11 Å². The smallest absolute Gasteiger partial charge is 0.326 e. The van der Waals surface area contributed by atoms with Crippen molar-refractivity contribution in [3.05, 3.63) is 17.0 Å². The number of thiophene rings is 1. The maximum absolute atomic E-state index is 12.5. The van der Waals surface area contributed by atoms with Crippen molar-refractivity contribution in [2.24, 2.45) is 0 Å². The Morgan fingerprint density at radius 3 is 2.60 bits per heavy atom. The molecule has 2 N–H and O–H groups in total. The van der Waals surface area contributed by atoms with Crippen LogP contribution in [0.1, 0.15) is 43.9 Å². The van der Waals surface area contributed by atoms with Crippen LogP contribution in [0.15, 0.2) is 16.3 Å². The highest BCUT2D eigenvalue weighted by molar-refractivity contribution is 7.91. The minimum atomic E-state index is -3.48. The number of hydrogen-bond acceptors (Lipinski definition) is 5. The molecule has 9 heteroatoms. The first kappa shape index (κ1) is 19.9. The Kier molecular flexibility index (Phi) is 6.97. The van der Waals surface area contributed by atoms with Gasteiger partial charge in [0.15, 0.2) is 0 Å². The predicted octanol–water partition coefficient (Wildman–Crippen LogP) is 1.83. The predicted molar refractivity (Wildman–Crippen MR) is 95.1 cm³/mol. The van der Waals surface area contributed by atoms with Gasteiger partial charge in [0.2, 0.25) is 5.91 Å². The van der Waals surface area contributed by atoms with Gasteiger partial charge in [-0.05, 0) is 31.4 Å². The van der Waals surface area contributed by atoms with Crippen LogP contribution in [0.25, 0.3) is 0 Å². The van der Waals surface area contributed by atoms with Crippen LogP contribution in [0.5, 0.6) is 0 Å². The zero-order valence-corrected chi connectivity index (χ0v) is 15.9. The Morgan fingerprint density at radius 1 is 1.32 bits per heavy atom. The Morgan fingerprint density at radius 2 is 2.00 bits per heavy atom. The number of sulfonamides is 1. The molecule has 1 atom stereocenters. The molecule has 2 heterocycles. The Balaban J connectivity index is 1.98. The zero-order valence-electron chi connectivity index (χ0n) is 14.2. The lowest BCUT2D eigenvalue weighted by molar-refractivity contribution is -0.141. The maximum atomic E-state index is 12.5. The molecule has 0 bridgehead atoms. The monoisotopic (exact) mass is 388 g/mol. The van der Waals surface area contributed by atoms with Crippen molar-refractivity contribution in [1.29, 1.82) is 0 Å². The molecule has 2 rings (SSSR count). The van der Waals surface area contributed by atoms with Crippen molar-refractivity contribution >= 4 is 33.2 Å². The van der Waals surface area contributed by atoms with E-state index >= 15 is 0 Å². The first-order valence-corrected chi connectivity index (χ1v) is 10.7. The van der Waals surface area contributed by atoms with Gasteiger partial charge in [0.05, 0.1) is 6.42 Å². The van der Waals surface area contributed by atoms with Gasteiger partial charge in [0.25, 0.3) is 10.0 Å². The molecule has 0 saturated carbocycles. The van der Waals surface area contributed by atoms with E-state index in [9.17, 15) is 18.0 Å². The van der Waals surface area contributed by atoms with Gasteiger partial charge >= 0.3 is 5.97 Å². The fourth-order valence-corrected chi connectivity index (χ4v) is 5.74. The van der Waals surface area contributed by atoms with Crippen molar-refractivity contribution < 1.29 is 23.1 Å².